The molecule has 1 saturated carbocycles. The number of carbonyl (C=O) groups is 1. The summed E-state index contributed by atoms with van der Waals surface area (Å²) in [6.07, 6.45) is 1.60. The molecular weight excluding hydrogens is 428 g/mol. The summed E-state index contributed by atoms with van der Waals surface area (Å²) in [5, 5.41) is 19.9. The lowest BCUT2D eigenvalue weighted by molar-refractivity contribution is -0.146. The van der Waals surface area contributed by atoms with Crippen molar-refractivity contribution in [2.75, 3.05) is 0 Å². The molecule has 0 saturated heterocycles. The van der Waals surface area contributed by atoms with E-state index in [1.165, 1.54) is 24.3 Å². The minimum absolute atomic E-state index is 0.00932. The summed E-state index contributed by atoms with van der Waals surface area (Å²) in [5.41, 5.74) is -1.49. The Bertz CT molecular complexity index is 1030. The highest BCUT2D eigenvalue weighted by atomic mass is 35.5. The summed E-state index contributed by atoms with van der Waals surface area (Å²) >= 11 is 11.6. The van der Waals surface area contributed by atoms with Gasteiger partial charge in [-0.1, -0.05) is 61.3 Å². The number of allylic oxidation sites excluding steroid dienone is 1. The van der Waals surface area contributed by atoms with Crippen LogP contribution in [0, 0.1) is 39.8 Å². The molecule has 1 fully saturated rings. The highest BCUT2D eigenvalue weighted by Crippen LogP contribution is 2.73. The zero-order chi connectivity index (χ0) is 22.1. The summed E-state index contributed by atoms with van der Waals surface area (Å²) in [4.78, 5) is 12.3. The van der Waals surface area contributed by atoms with E-state index < -0.39 is 34.5 Å². The monoisotopic (exact) mass is 447 g/mol. The van der Waals surface area contributed by atoms with Crippen molar-refractivity contribution < 1.29 is 19.0 Å². The van der Waals surface area contributed by atoms with Crippen molar-refractivity contribution in [1.82, 2.24) is 0 Å². The number of rotatable bonds is 7. The third-order valence-corrected chi connectivity index (χ3v) is 6.26. The Morgan fingerprint density at radius 1 is 1.30 bits per heavy atom. The SMILES string of the molecule is CC1(C)C(C=C(Cl)Cl)C1(C(=O)O)C(C#N)Cc1ccc(F)c(Oc2ccccc2)c1. The average Bonchev–Trinajstić information content (AvgIpc) is 3.17. The quantitative estimate of drug-likeness (QED) is 0.536. The minimum Gasteiger partial charge on any atom is -0.481 e. The maximum atomic E-state index is 14.3. The van der Waals surface area contributed by atoms with Crippen LogP contribution >= 0.6 is 23.2 Å². The number of benzene rings is 2. The van der Waals surface area contributed by atoms with Gasteiger partial charge in [0.15, 0.2) is 11.6 Å². The van der Waals surface area contributed by atoms with E-state index in [-0.39, 0.29) is 16.7 Å². The molecule has 156 valence electrons. The second-order valence-corrected chi connectivity index (χ2v) is 8.90. The Morgan fingerprint density at radius 3 is 2.53 bits per heavy atom. The summed E-state index contributed by atoms with van der Waals surface area (Å²) in [5.74, 6) is -2.54. The number of carboxylic acids is 1. The van der Waals surface area contributed by atoms with Crippen LogP contribution in [0.1, 0.15) is 19.4 Å². The summed E-state index contributed by atoms with van der Waals surface area (Å²) in [7, 11) is 0. The van der Waals surface area contributed by atoms with Crippen LogP contribution in [0.3, 0.4) is 0 Å². The van der Waals surface area contributed by atoms with Crippen LogP contribution < -0.4 is 4.74 Å². The van der Waals surface area contributed by atoms with E-state index in [4.69, 9.17) is 27.9 Å². The van der Waals surface area contributed by atoms with Crippen LogP contribution in [-0.4, -0.2) is 11.1 Å². The standard InChI is InChI=1S/C23H20Cl2FNO3/c1-22(2)19(12-20(24)25)23(22,21(28)29)15(13-27)10-14-8-9-17(26)18(11-14)30-16-6-4-3-5-7-16/h3-9,11-12,15,19H,10H2,1-2H3,(H,28,29). The fraction of sp³-hybridized carbons (Fsp3) is 0.304. The maximum Gasteiger partial charge on any atom is 0.312 e. The third kappa shape index (κ3) is 3.78. The molecule has 0 aromatic heterocycles. The Hall–Kier alpha value is -2.55. The fourth-order valence-corrected chi connectivity index (χ4v) is 4.69. The van der Waals surface area contributed by atoms with Gasteiger partial charge in [-0.2, -0.15) is 5.26 Å². The normalized spacial score (nSPS) is 22.5. The van der Waals surface area contributed by atoms with E-state index in [2.05, 4.69) is 6.07 Å². The van der Waals surface area contributed by atoms with Crippen LogP contribution in [-0.2, 0) is 11.2 Å². The molecule has 2 aromatic carbocycles. The Labute approximate surface area is 184 Å². The second kappa shape index (κ2) is 8.29. The molecule has 0 bridgehead atoms. The molecule has 3 unspecified atom stereocenters. The van der Waals surface area contributed by atoms with Crippen molar-refractivity contribution in [2.45, 2.75) is 20.3 Å². The van der Waals surface area contributed by atoms with Crippen molar-refractivity contribution >= 4 is 29.2 Å². The van der Waals surface area contributed by atoms with Crippen LogP contribution in [0.15, 0.2) is 59.1 Å². The van der Waals surface area contributed by atoms with E-state index in [0.717, 1.165) is 0 Å². The molecule has 1 aliphatic carbocycles. The topological polar surface area (TPSA) is 70.3 Å². The van der Waals surface area contributed by atoms with Gasteiger partial charge in [0.25, 0.3) is 0 Å². The van der Waals surface area contributed by atoms with Gasteiger partial charge in [-0.3, -0.25) is 4.79 Å². The van der Waals surface area contributed by atoms with E-state index in [0.29, 0.717) is 11.3 Å². The summed E-state index contributed by atoms with van der Waals surface area (Å²) in [6.45, 7) is 3.55. The lowest BCUT2D eigenvalue weighted by Gasteiger charge is -2.22. The predicted octanol–water partition coefficient (Wildman–Crippen LogP) is 6.35. The predicted molar refractivity (Wildman–Crippen MR) is 113 cm³/mol. The largest absolute Gasteiger partial charge is 0.481 e. The van der Waals surface area contributed by atoms with Crippen LogP contribution in [0.4, 0.5) is 4.39 Å². The second-order valence-electron chi connectivity index (χ2n) is 7.90. The number of nitrogens with zero attached hydrogens (tertiary/aromatic N) is 1. The van der Waals surface area contributed by atoms with Gasteiger partial charge in [0, 0.05) is 5.92 Å². The Kier molecular flexibility index (Phi) is 6.12. The van der Waals surface area contributed by atoms with Gasteiger partial charge in [-0.05, 0) is 47.7 Å². The zero-order valence-electron chi connectivity index (χ0n) is 16.4. The molecule has 7 heteroatoms. The lowest BCUT2D eigenvalue weighted by atomic mass is 9.79. The minimum atomic E-state index is -1.36. The number of nitriles is 1. The van der Waals surface area contributed by atoms with Crippen LogP contribution in [0.2, 0.25) is 0 Å². The van der Waals surface area contributed by atoms with Gasteiger partial charge in [-0.15, -0.1) is 0 Å². The van der Waals surface area contributed by atoms with Crippen LogP contribution in [0.25, 0.3) is 0 Å². The molecule has 0 amide bonds. The van der Waals surface area contributed by atoms with Gasteiger partial charge in [0.2, 0.25) is 0 Å². The Morgan fingerprint density at radius 2 is 1.97 bits per heavy atom. The van der Waals surface area contributed by atoms with Crippen molar-refractivity contribution in [1.29, 1.82) is 5.26 Å². The molecule has 1 N–H and O–H groups in total. The molecule has 1 aliphatic rings. The molecule has 0 radical (unpaired) electrons. The first kappa shape index (κ1) is 22.1. The van der Waals surface area contributed by atoms with Gasteiger partial charge in [0.1, 0.15) is 10.2 Å². The number of ether oxygens (including phenoxy) is 1. The molecule has 0 spiro atoms. The number of aliphatic carboxylic acids is 1. The van der Waals surface area contributed by atoms with Gasteiger partial charge in [-0.25, -0.2) is 4.39 Å². The van der Waals surface area contributed by atoms with Gasteiger partial charge < -0.3 is 9.84 Å². The number of hydrogen-bond acceptors (Lipinski definition) is 3. The van der Waals surface area contributed by atoms with E-state index in [1.807, 2.05) is 6.07 Å². The molecule has 3 atom stereocenters. The number of carboxylic acid groups (broad SMARTS) is 1. The molecule has 30 heavy (non-hydrogen) atoms. The first-order valence-electron chi connectivity index (χ1n) is 9.31. The number of para-hydroxylation sites is 1. The lowest BCUT2D eigenvalue weighted by Crippen LogP contribution is -2.31. The number of halogens is 3. The van der Waals surface area contributed by atoms with Crippen molar-refractivity contribution in [3.8, 4) is 17.6 Å². The molecule has 0 aliphatic heterocycles. The molecule has 0 heterocycles. The Balaban J connectivity index is 1.92. The van der Waals surface area contributed by atoms with Crippen molar-refractivity contribution in [2.24, 2.45) is 22.7 Å². The van der Waals surface area contributed by atoms with E-state index >= 15 is 0 Å². The first-order valence-corrected chi connectivity index (χ1v) is 10.1. The summed E-state index contributed by atoms with van der Waals surface area (Å²) < 4.78 is 19.8. The summed E-state index contributed by atoms with van der Waals surface area (Å²) in [6, 6.07) is 15.2. The third-order valence-electron chi connectivity index (χ3n) is 6.01. The molecular formula is C23H20Cl2FNO3. The van der Waals surface area contributed by atoms with Gasteiger partial charge in [0.05, 0.1) is 17.4 Å². The van der Waals surface area contributed by atoms with E-state index in [1.54, 1.807) is 38.1 Å². The fourth-order valence-electron chi connectivity index (χ4n) is 4.44. The van der Waals surface area contributed by atoms with Crippen LogP contribution in [0.5, 0.6) is 11.5 Å². The van der Waals surface area contributed by atoms with E-state index in [9.17, 15) is 19.6 Å². The maximum absolute atomic E-state index is 14.3. The number of hydrogen-bond donors (Lipinski definition) is 1. The smallest absolute Gasteiger partial charge is 0.312 e. The first-order chi connectivity index (χ1) is 14.1. The molecule has 4 nitrogen and oxygen atoms in total. The average molecular weight is 448 g/mol. The highest BCUT2D eigenvalue weighted by molar-refractivity contribution is 6.55. The highest BCUT2D eigenvalue weighted by Gasteiger charge is 2.78. The van der Waals surface area contributed by atoms with Crippen molar-refractivity contribution in [3.05, 3.63) is 70.5 Å². The van der Waals surface area contributed by atoms with Gasteiger partial charge >= 0.3 is 5.97 Å². The molecule has 2 aromatic rings. The zero-order valence-corrected chi connectivity index (χ0v) is 17.9. The molecule has 3 rings (SSSR count). The van der Waals surface area contributed by atoms with Crippen molar-refractivity contribution in [3.63, 3.8) is 0 Å².